The lowest BCUT2D eigenvalue weighted by Crippen LogP contribution is -2.38. The Balaban J connectivity index is 2.05. The molecule has 7 nitrogen and oxygen atoms in total. The van der Waals surface area contributed by atoms with E-state index in [0.717, 1.165) is 19.3 Å². The van der Waals surface area contributed by atoms with Gasteiger partial charge in [-0.05, 0) is 51.3 Å². The van der Waals surface area contributed by atoms with Crippen LogP contribution in [0.5, 0.6) is 0 Å². The summed E-state index contributed by atoms with van der Waals surface area (Å²) in [5.41, 5.74) is 0.106. The van der Waals surface area contributed by atoms with Gasteiger partial charge < -0.3 is 9.64 Å². The van der Waals surface area contributed by atoms with Crippen molar-refractivity contribution in [2.75, 3.05) is 26.7 Å². The van der Waals surface area contributed by atoms with Gasteiger partial charge in [0.15, 0.2) is 6.61 Å². The van der Waals surface area contributed by atoms with Crippen molar-refractivity contribution in [2.45, 2.75) is 44.0 Å². The van der Waals surface area contributed by atoms with Crippen LogP contribution in [0.2, 0.25) is 0 Å². The van der Waals surface area contributed by atoms with Gasteiger partial charge in [0.05, 0.1) is 10.5 Å². The third-order valence-electron chi connectivity index (χ3n) is 4.51. The molecule has 1 fully saturated rings. The first-order valence-electron chi connectivity index (χ1n) is 8.76. The Hall–Kier alpha value is -1.93. The van der Waals surface area contributed by atoms with Crippen molar-refractivity contribution in [3.63, 3.8) is 0 Å². The zero-order valence-electron chi connectivity index (χ0n) is 15.5. The summed E-state index contributed by atoms with van der Waals surface area (Å²) >= 11 is 0. The molecule has 0 atom stereocenters. The highest BCUT2D eigenvalue weighted by atomic mass is 32.2. The summed E-state index contributed by atoms with van der Waals surface area (Å²) in [5, 5.41) is 0. The topological polar surface area (TPSA) is 84.0 Å². The fraction of sp³-hybridized carbons (Fsp3) is 0.556. The fourth-order valence-corrected chi connectivity index (χ4v) is 4.09. The lowest BCUT2D eigenvalue weighted by Gasteiger charge is -2.26. The first-order chi connectivity index (χ1) is 12.2. The summed E-state index contributed by atoms with van der Waals surface area (Å²) in [5.74, 6) is -0.930. The molecular weight excluding hydrogens is 356 g/mol. The van der Waals surface area contributed by atoms with Crippen molar-refractivity contribution in [1.82, 2.24) is 9.21 Å². The van der Waals surface area contributed by atoms with Crippen molar-refractivity contribution < 1.29 is 22.7 Å². The maximum Gasteiger partial charge on any atom is 0.338 e. The molecule has 1 aliphatic rings. The molecule has 1 aromatic rings. The van der Waals surface area contributed by atoms with E-state index in [1.807, 2.05) is 0 Å². The average Bonchev–Trinajstić information content (AvgIpc) is 2.65. The monoisotopic (exact) mass is 382 g/mol. The van der Waals surface area contributed by atoms with Crippen molar-refractivity contribution in [2.24, 2.45) is 0 Å². The summed E-state index contributed by atoms with van der Waals surface area (Å²) in [6.07, 6.45) is 3.03. The molecule has 0 bridgehead atoms. The number of piperidine rings is 1. The van der Waals surface area contributed by atoms with Crippen LogP contribution in [0.1, 0.15) is 43.5 Å². The van der Waals surface area contributed by atoms with Gasteiger partial charge >= 0.3 is 5.97 Å². The van der Waals surface area contributed by atoms with E-state index >= 15 is 0 Å². The SMILES string of the molecule is CC(C)N(C)S(=O)(=O)c1cccc(C(=O)OCC(=O)N2CCCCC2)c1. The largest absolute Gasteiger partial charge is 0.452 e. The fourth-order valence-electron chi connectivity index (χ4n) is 2.67. The van der Waals surface area contributed by atoms with Crippen LogP contribution in [0.3, 0.4) is 0 Å². The molecule has 0 N–H and O–H groups in total. The van der Waals surface area contributed by atoms with Crippen LogP contribution in [0, 0.1) is 0 Å². The number of benzene rings is 1. The van der Waals surface area contributed by atoms with Crippen LogP contribution in [0.4, 0.5) is 0 Å². The molecule has 1 heterocycles. The van der Waals surface area contributed by atoms with E-state index in [9.17, 15) is 18.0 Å². The molecule has 1 aliphatic heterocycles. The lowest BCUT2D eigenvalue weighted by atomic mass is 10.1. The summed E-state index contributed by atoms with van der Waals surface area (Å²) < 4.78 is 31.4. The Bertz CT molecular complexity index is 755. The molecule has 2 rings (SSSR count). The second-order valence-electron chi connectivity index (χ2n) is 6.66. The minimum absolute atomic E-state index is 0.0190. The molecule has 1 aromatic carbocycles. The van der Waals surface area contributed by atoms with E-state index in [-0.39, 0.29) is 29.0 Å². The number of hydrogen-bond donors (Lipinski definition) is 0. The maximum absolute atomic E-state index is 12.5. The standard InChI is InChI=1S/C18H26N2O5S/c1-14(2)19(3)26(23,24)16-9-7-8-15(12-16)18(22)25-13-17(21)20-10-5-4-6-11-20/h7-9,12,14H,4-6,10-11,13H2,1-3H3. The van der Waals surface area contributed by atoms with Crippen LogP contribution in [-0.4, -0.2) is 62.3 Å². The highest BCUT2D eigenvalue weighted by molar-refractivity contribution is 7.89. The lowest BCUT2D eigenvalue weighted by molar-refractivity contribution is -0.135. The van der Waals surface area contributed by atoms with Crippen LogP contribution in [0.15, 0.2) is 29.2 Å². The van der Waals surface area contributed by atoms with Crippen LogP contribution >= 0.6 is 0 Å². The number of carbonyl (C=O) groups excluding carboxylic acids is 2. The van der Waals surface area contributed by atoms with E-state index in [2.05, 4.69) is 0 Å². The van der Waals surface area contributed by atoms with Gasteiger partial charge in [-0.3, -0.25) is 4.79 Å². The van der Waals surface area contributed by atoms with E-state index in [1.54, 1.807) is 18.7 Å². The maximum atomic E-state index is 12.5. The van der Waals surface area contributed by atoms with Gasteiger partial charge in [-0.1, -0.05) is 6.07 Å². The Morgan fingerprint density at radius 1 is 1.19 bits per heavy atom. The Labute approximate surface area is 155 Å². The molecule has 0 aliphatic carbocycles. The van der Waals surface area contributed by atoms with E-state index in [4.69, 9.17) is 4.74 Å². The van der Waals surface area contributed by atoms with Crippen LogP contribution < -0.4 is 0 Å². The molecule has 1 amide bonds. The second-order valence-corrected chi connectivity index (χ2v) is 8.66. The third-order valence-corrected chi connectivity index (χ3v) is 6.54. The van der Waals surface area contributed by atoms with E-state index in [1.165, 1.54) is 35.6 Å². The van der Waals surface area contributed by atoms with Gasteiger partial charge in [-0.25, -0.2) is 13.2 Å². The Morgan fingerprint density at radius 2 is 1.85 bits per heavy atom. The van der Waals surface area contributed by atoms with Gasteiger partial charge in [-0.15, -0.1) is 0 Å². The number of likely N-dealkylation sites (tertiary alicyclic amines) is 1. The molecular formula is C18H26N2O5S. The predicted molar refractivity (Wildman–Crippen MR) is 97.2 cm³/mol. The summed E-state index contributed by atoms with van der Waals surface area (Å²) in [7, 11) is -2.20. The van der Waals surface area contributed by atoms with Gasteiger partial charge in [0.25, 0.3) is 5.91 Å². The molecule has 26 heavy (non-hydrogen) atoms. The van der Waals surface area contributed by atoms with Crippen molar-refractivity contribution in [3.05, 3.63) is 29.8 Å². The number of rotatable bonds is 6. The van der Waals surface area contributed by atoms with Crippen LogP contribution in [0.25, 0.3) is 0 Å². The quantitative estimate of drug-likeness (QED) is 0.702. The first-order valence-corrected chi connectivity index (χ1v) is 10.2. The summed E-state index contributed by atoms with van der Waals surface area (Å²) in [4.78, 5) is 26.0. The number of sulfonamides is 1. The van der Waals surface area contributed by atoms with Gasteiger partial charge in [0, 0.05) is 26.2 Å². The predicted octanol–water partition coefficient (Wildman–Crippen LogP) is 1.88. The highest BCUT2D eigenvalue weighted by Gasteiger charge is 2.24. The number of ether oxygens (including phenoxy) is 1. The minimum atomic E-state index is -3.69. The van der Waals surface area contributed by atoms with Gasteiger partial charge in [-0.2, -0.15) is 4.31 Å². The van der Waals surface area contributed by atoms with E-state index in [0.29, 0.717) is 13.1 Å². The van der Waals surface area contributed by atoms with Crippen molar-refractivity contribution in [3.8, 4) is 0 Å². The molecule has 0 radical (unpaired) electrons. The Morgan fingerprint density at radius 3 is 2.46 bits per heavy atom. The zero-order chi connectivity index (χ0) is 19.3. The smallest absolute Gasteiger partial charge is 0.338 e. The van der Waals surface area contributed by atoms with Gasteiger partial charge in [0.1, 0.15) is 0 Å². The molecule has 0 spiro atoms. The number of carbonyl (C=O) groups is 2. The normalized spacial score (nSPS) is 15.3. The Kier molecular flexibility index (Phi) is 6.77. The number of amides is 1. The number of nitrogens with zero attached hydrogens (tertiary/aromatic N) is 2. The second kappa shape index (κ2) is 8.64. The summed E-state index contributed by atoms with van der Waals surface area (Å²) in [6.45, 7) is 4.57. The highest BCUT2D eigenvalue weighted by Crippen LogP contribution is 2.18. The molecule has 0 unspecified atom stereocenters. The average molecular weight is 382 g/mol. The zero-order valence-corrected chi connectivity index (χ0v) is 16.3. The molecule has 0 aromatic heterocycles. The van der Waals surface area contributed by atoms with Crippen molar-refractivity contribution in [1.29, 1.82) is 0 Å². The third kappa shape index (κ3) is 4.82. The molecule has 1 saturated heterocycles. The van der Waals surface area contributed by atoms with Crippen molar-refractivity contribution >= 4 is 21.9 Å². The number of esters is 1. The summed E-state index contributed by atoms with van der Waals surface area (Å²) in [6, 6.07) is 5.47. The number of hydrogen-bond acceptors (Lipinski definition) is 5. The van der Waals surface area contributed by atoms with Gasteiger partial charge in [0.2, 0.25) is 10.0 Å². The molecule has 144 valence electrons. The first kappa shape index (κ1) is 20.4. The minimum Gasteiger partial charge on any atom is -0.452 e. The molecule has 0 saturated carbocycles. The van der Waals surface area contributed by atoms with E-state index < -0.39 is 16.0 Å². The van der Waals surface area contributed by atoms with Crippen LogP contribution in [-0.2, 0) is 19.6 Å². The molecule has 8 heteroatoms.